The van der Waals surface area contributed by atoms with Crippen LogP contribution >= 0.6 is 0 Å². The molecule has 0 fully saturated rings. The van der Waals surface area contributed by atoms with Crippen molar-refractivity contribution in [3.63, 3.8) is 0 Å². The molecule has 1 N–H and O–H groups in total. The van der Waals surface area contributed by atoms with Crippen molar-refractivity contribution >= 4 is 15.9 Å². The second-order valence-electron chi connectivity index (χ2n) is 6.17. The number of methoxy groups -OCH3 is 1. The van der Waals surface area contributed by atoms with Crippen molar-refractivity contribution in [1.82, 2.24) is 19.4 Å². The van der Waals surface area contributed by atoms with Crippen LogP contribution in [0.5, 0.6) is 0 Å². The van der Waals surface area contributed by atoms with Crippen molar-refractivity contribution in [3.8, 4) is 0 Å². The molecule has 1 aromatic carbocycles. The molecule has 0 saturated carbocycles. The maximum Gasteiger partial charge on any atom is 0.274 e. The average molecular weight is 378 g/mol. The minimum Gasteiger partial charge on any atom is -0.383 e. The maximum atomic E-state index is 12.5. The highest BCUT2D eigenvalue weighted by atomic mass is 32.2. The van der Waals surface area contributed by atoms with E-state index in [9.17, 15) is 13.2 Å². The van der Waals surface area contributed by atoms with Crippen LogP contribution < -0.4 is 4.72 Å². The number of nitrogens with one attached hydrogen (secondary N) is 1. The molecular formula is C17H22N4O4S. The Bertz CT molecular complexity index is 907. The van der Waals surface area contributed by atoms with E-state index in [1.807, 2.05) is 0 Å². The lowest BCUT2D eigenvalue weighted by Gasteiger charge is -2.28. The normalized spacial score (nSPS) is 14.3. The summed E-state index contributed by atoms with van der Waals surface area (Å²) in [6.07, 6.45) is 2.34. The maximum absolute atomic E-state index is 12.5. The molecule has 1 amide bonds. The molecule has 1 aromatic heterocycles. The van der Waals surface area contributed by atoms with Gasteiger partial charge in [0.1, 0.15) is 5.69 Å². The summed E-state index contributed by atoms with van der Waals surface area (Å²) in [4.78, 5) is 14.5. The van der Waals surface area contributed by atoms with E-state index in [0.717, 1.165) is 11.1 Å². The van der Waals surface area contributed by atoms with Crippen molar-refractivity contribution in [2.45, 2.75) is 17.9 Å². The first-order valence-corrected chi connectivity index (χ1v) is 9.78. The summed E-state index contributed by atoms with van der Waals surface area (Å²) in [6.45, 7) is 1.52. The Morgan fingerprint density at radius 3 is 2.81 bits per heavy atom. The number of aromatic nitrogens is 2. The topological polar surface area (TPSA) is 93.5 Å². The number of sulfonamides is 1. The van der Waals surface area contributed by atoms with Gasteiger partial charge in [-0.3, -0.25) is 9.48 Å². The van der Waals surface area contributed by atoms with Crippen molar-refractivity contribution < 1.29 is 17.9 Å². The third kappa shape index (κ3) is 3.95. The van der Waals surface area contributed by atoms with E-state index in [0.29, 0.717) is 31.8 Å². The Labute approximate surface area is 152 Å². The highest BCUT2D eigenvalue weighted by Gasteiger charge is 2.24. The van der Waals surface area contributed by atoms with E-state index in [4.69, 9.17) is 4.74 Å². The molecule has 8 nitrogen and oxygen atoms in total. The number of carbonyl (C=O) groups is 1. The second-order valence-corrected chi connectivity index (χ2v) is 7.94. The highest BCUT2D eigenvalue weighted by Crippen LogP contribution is 2.23. The molecule has 140 valence electrons. The van der Waals surface area contributed by atoms with Crippen molar-refractivity contribution in [1.29, 1.82) is 0 Å². The monoisotopic (exact) mass is 378 g/mol. The Hall–Kier alpha value is -2.23. The van der Waals surface area contributed by atoms with Gasteiger partial charge in [-0.25, -0.2) is 13.1 Å². The van der Waals surface area contributed by atoms with Gasteiger partial charge in [0.15, 0.2) is 0 Å². The van der Waals surface area contributed by atoms with Crippen LogP contribution in [0.15, 0.2) is 35.4 Å². The lowest BCUT2D eigenvalue weighted by molar-refractivity contribution is 0.0728. The van der Waals surface area contributed by atoms with Crippen LogP contribution in [0, 0.1) is 0 Å². The molecule has 9 heteroatoms. The van der Waals surface area contributed by atoms with E-state index in [1.165, 1.54) is 7.11 Å². The summed E-state index contributed by atoms with van der Waals surface area (Å²) in [5.74, 6) is -0.116. The summed E-state index contributed by atoms with van der Waals surface area (Å²) in [5.41, 5.74) is 2.32. The van der Waals surface area contributed by atoms with E-state index in [2.05, 4.69) is 9.82 Å². The van der Waals surface area contributed by atoms with E-state index < -0.39 is 10.0 Å². The number of amides is 1. The molecule has 2 heterocycles. The predicted octanol–water partition coefficient (Wildman–Crippen LogP) is 0.543. The third-order valence-corrected chi connectivity index (χ3v) is 5.78. The number of nitrogens with zero attached hydrogens (tertiary/aromatic N) is 3. The van der Waals surface area contributed by atoms with Crippen LogP contribution in [-0.2, 0) is 34.8 Å². The summed E-state index contributed by atoms with van der Waals surface area (Å²) >= 11 is 0. The van der Waals surface area contributed by atoms with Crippen LogP contribution in [0.4, 0.5) is 0 Å². The Balaban J connectivity index is 1.74. The second kappa shape index (κ2) is 7.56. The van der Waals surface area contributed by atoms with Crippen molar-refractivity contribution in [2.24, 2.45) is 7.05 Å². The van der Waals surface area contributed by atoms with Gasteiger partial charge in [0, 0.05) is 40.0 Å². The molecule has 26 heavy (non-hydrogen) atoms. The number of fused-ring (bicyclic) bond motifs is 1. The fourth-order valence-electron chi connectivity index (χ4n) is 2.92. The van der Waals surface area contributed by atoms with Crippen LogP contribution in [0.25, 0.3) is 0 Å². The van der Waals surface area contributed by atoms with Crippen LogP contribution in [-0.4, -0.2) is 55.8 Å². The fourth-order valence-corrected chi connectivity index (χ4v) is 3.99. The quantitative estimate of drug-likeness (QED) is 0.741. The fraction of sp³-hybridized carbons (Fsp3) is 0.412. The van der Waals surface area contributed by atoms with Crippen molar-refractivity contribution in [2.75, 3.05) is 26.8 Å². The standard InChI is InChI=1S/C17H22N4O4S/c1-20-8-6-16(19-20)17(22)21-9-5-13-11-15(4-3-14(13)12-21)26(23,24)18-7-10-25-2/h3-4,6,8,11,18H,5,7,9-10,12H2,1-2H3. The van der Waals surface area contributed by atoms with Gasteiger partial charge in [0.05, 0.1) is 11.5 Å². The number of rotatable bonds is 6. The number of hydrogen-bond donors (Lipinski definition) is 1. The first-order valence-electron chi connectivity index (χ1n) is 8.30. The van der Waals surface area contributed by atoms with E-state index in [1.54, 1.807) is 47.1 Å². The number of ether oxygens (including phenoxy) is 1. The van der Waals surface area contributed by atoms with Gasteiger partial charge in [0.2, 0.25) is 10.0 Å². The Morgan fingerprint density at radius 1 is 1.31 bits per heavy atom. The van der Waals surface area contributed by atoms with Gasteiger partial charge in [-0.1, -0.05) is 6.07 Å². The first-order chi connectivity index (χ1) is 12.4. The average Bonchev–Trinajstić information content (AvgIpc) is 3.06. The predicted molar refractivity (Wildman–Crippen MR) is 95.2 cm³/mol. The van der Waals surface area contributed by atoms with Crippen LogP contribution in [0.2, 0.25) is 0 Å². The molecule has 0 saturated heterocycles. The number of carbonyl (C=O) groups excluding carboxylic acids is 1. The SMILES string of the molecule is COCCNS(=O)(=O)c1ccc2c(c1)CCN(C(=O)c1ccn(C)n1)C2. The molecule has 0 unspecified atom stereocenters. The number of aryl methyl sites for hydroxylation is 1. The van der Waals surface area contributed by atoms with Gasteiger partial charge in [0.25, 0.3) is 5.91 Å². The summed E-state index contributed by atoms with van der Waals surface area (Å²) in [7, 11) is -0.272. The zero-order chi connectivity index (χ0) is 18.7. The Morgan fingerprint density at radius 2 is 2.12 bits per heavy atom. The summed E-state index contributed by atoms with van der Waals surface area (Å²) < 4.78 is 33.6. The van der Waals surface area contributed by atoms with Gasteiger partial charge >= 0.3 is 0 Å². The minimum absolute atomic E-state index is 0.116. The summed E-state index contributed by atoms with van der Waals surface area (Å²) in [6, 6.07) is 6.73. The molecule has 0 radical (unpaired) electrons. The van der Waals surface area contributed by atoms with E-state index >= 15 is 0 Å². The molecule has 2 aromatic rings. The molecule has 0 bridgehead atoms. The lowest BCUT2D eigenvalue weighted by atomic mass is 9.99. The van der Waals surface area contributed by atoms with Gasteiger partial charge in [-0.2, -0.15) is 5.10 Å². The van der Waals surface area contributed by atoms with Crippen molar-refractivity contribution in [3.05, 3.63) is 47.3 Å². The number of hydrogen-bond acceptors (Lipinski definition) is 5. The molecule has 0 spiro atoms. The molecular weight excluding hydrogens is 356 g/mol. The van der Waals surface area contributed by atoms with Gasteiger partial charge in [-0.15, -0.1) is 0 Å². The molecule has 1 aliphatic heterocycles. The van der Waals surface area contributed by atoms with Gasteiger partial charge in [-0.05, 0) is 35.7 Å². The first kappa shape index (κ1) is 18.6. The Kier molecular flexibility index (Phi) is 5.40. The van der Waals surface area contributed by atoms with Gasteiger partial charge < -0.3 is 9.64 Å². The molecule has 0 aliphatic carbocycles. The number of benzene rings is 1. The van der Waals surface area contributed by atoms with E-state index in [-0.39, 0.29) is 17.3 Å². The molecule has 0 atom stereocenters. The summed E-state index contributed by atoms with van der Waals surface area (Å²) in [5, 5.41) is 4.15. The molecule has 1 aliphatic rings. The zero-order valence-corrected chi connectivity index (χ0v) is 15.6. The minimum atomic E-state index is -3.56. The lowest BCUT2D eigenvalue weighted by Crippen LogP contribution is -2.36. The smallest absolute Gasteiger partial charge is 0.274 e. The third-order valence-electron chi connectivity index (χ3n) is 4.32. The highest BCUT2D eigenvalue weighted by molar-refractivity contribution is 7.89. The van der Waals surface area contributed by atoms with Crippen LogP contribution in [0.3, 0.4) is 0 Å². The molecule has 3 rings (SSSR count). The van der Waals surface area contributed by atoms with Crippen LogP contribution in [0.1, 0.15) is 21.6 Å². The zero-order valence-electron chi connectivity index (χ0n) is 14.8. The largest absolute Gasteiger partial charge is 0.383 e.